The van der Waals surface area contributed by atoms with Crippen molar-refractivity contribution in [2.45, 2.75) is 31.8 Å². The van der Waals surface area contributed by atoms with Crippen LogP contribution in [0, 0.1) is 0 Å². The van der Waals surface area contributed by atoms with Crippen LogP contribution in [0.5, 0.6) is 0 Å². The van der Waals surface area contributed by atoms with Gasteiger partial charge in [0, 0.05) is 17.9 Å². The SMILES string of the molecule is COC(=O)CC(NC(=O)C1=NN(Cc2ccccc2)C(=O)CC1)c1ccccc1Cl. The second-order valence-electron chi connectivity index (χ2n) is 6.81. The van der Waals surface area contributed by atoms with Crippen LogP contribution in [0.1, 0.15) is 36.4 Å². The molecule has 1 heterocycles. The van der Waals surface area contributed by atoms with E-state index in [1.807, 2.05) is 30.3 Å². The van der Waals surface area contributed by atoms with Gasteiger partial charge in [0.2, 0.25) is 5.91 Å². The minimum absolute atomic E-state index is 0.0775. The van der Waals surface area contributed by atoms with Gasteiger partial charge in [-0.2, -0.15) is 5.10 Å². The lowest BCUT2D eigenvalue weighted by atomic mass is 10.0. The van der Waals surface area contributed by atoms with Crippen LogP contribution in [0.4, 0.5) is 0 Å². The molecule has 2 amide bonds. The van der Waals surface area contributed by atoms with Gasteiger partial charge in [-0.05, 0) is 17.2 Å². The Morgan fingerprint density at radius 1 is 1.13 bits per heavy atom. The third-order valence-electron chi connectivity index (χ3n) is 4.73. The van der Waals surface area contributed by atoms with Crippen LogP contribution < -0.4 is 5.32 Å². The molecule has 156 valence electrons. The number of hydrogen-bond acceptors (Lipinski definition) is 5. The Balaban J connectivity index is 1.78. The van der Waals surface area contributed by atoms with Crippen molar-refractivity contribution in [2.75, 3.05) is 7.11 Å². The molecule has 0 saturated heterocycles. The van der Waals surface area contributed by atoms with Crippen molar-refractivity contribution in [1.82, 2.24) is 10.3 Å². The summed E-state index contributed by atoms with van der Waals surface area (Å²) in [4.78, 5) is 37.0. The summed E-state index contributed by atoms with van der Waals surface area (Å²) in [6.45, 7) is 0.284. The van der Waals surface area contributed by atoms with Gasteiger partial charge >= 0.3 is 5.97 Å². The summed E-state index contributed by atoms with van der Waals surface area (Å²) in [7, 11) is 1.28. The highest BCUT2D eigenvalue weighted by atomic mass is 35.5. The van der Waals surface area contributed by atoms with Gasteiger partial charge in [0.1, 0.15) is 5.71 Å². The number of benzene rings is 2. The number of rotatable bonds is 7. The number of halogens is 1. The average Bonchev–Trinajstić information content (AvgIpc) is 2.75. The van der Waals surface area contributed by atoms with Gasteiger partial charge in [0.05, 0.1) is 26.1 Å². The molecule has 0 radical (unpaired) electrons. The smallest absolute Gasteiger partial charge is 0.307 e. The van der Waals surface area contributed by atoms with Gasteiger partial charge in [0.15, 0.2) is 0 Å². The van der Waals surface area contributed by atoms with E-state index in [4.69, 9.17) is 16.3 Å². The van der Waals surface area contributed by atoms with Crippen LogP contribution in [0.15, 0.2) is 59.7 Å². The molecule has 0 aromatic heterocycles. The molecule has 7 nitrogen and oxygen atoms in total. The van der Waals surface area contributed by atoms with Crippen LogP contribution >= 0.6 is 11.6 Å². The number of methoxy groups -OCH3 is 1. The molecular formula is C22H22ClN3O4. The van der Waals surface area contributed by atoms with Gasteiger partial charge in [-0.1, -0.05) is 60.1 Å². The largest absolute Gasteiger partial charge is 0.469 e. The number of hydrazone groups is 1. The van der Waals surface area contributed by atoms with Crippen molar-refractivity contribution in [3.8, 4) is 0 Å². The first-order valence-electron chi connectivity index (χ1n) is 9.52. The molecule has 1 atom stereocenters. The van der Waals surface area contributed by atoms with E-state index in [2.05, 4.69) is 10.4 Å². The average molecular weight is 428 g/mol. The number of nitrogens with zero attached hydrogens (tertiary/aromatic N) is 2. The van der Waals surface area contributed by atoms with Crippen LogP contribution in [0.25, 0.3) is 0 Å². The number of nitrogens with one attached hydrogen (secondary N) is 1. The Bertz CT molecular complexity index is 962. The summed E-state index contributed by atoms with van der Waals surface area (Å²) in [5.74, 6) is -1.08. The number of amides is 2. The quantitative estimate of drug-likeness (QED) is 0.687. The number of ether oxygens (including phenoxy) is 1. The lowest BCUT2D eigenvalue weighted by Gasteiger charge is -2.25. The van der Waals surface area contributed by atoms with E-state index in [9.17, 15) is 14.4 Å². The summed E-state index contributed by atoms with van der Waals surface area (Å²) < 4.78 is 4.75. The van der Waals surface area contributed by atoms with E-state index in [0.29, 0.717) is 10.6 Å². The third-order valence-corrected chi connectivity index (χ3v) is 5.07. The lowest BCUT2D eigenvalue weighted by molar-refractivity contribution is -0.141. The fourth-order valence-electron chi connectivity index (χ4n) is 3.13. The molecule has 0 aliphatic carbocycles. The van der Waals surface area contributed by atoms with E-state index >= 15 is 0 Å². The Hall–Kier alpha value is -3.19. The maximum absolute atomic E-state index is 12.9. The number of carbonyl (C=O) groups excluding carboxylic acids is 3. The van der Waals surface area contributed by atoms with Crippen molar-refractivity contribution < 1.29 is 19.1 Å². The second kappa shape index (κ2) is 10.0. The van der Waals surface area contributed by atoms with Crippen molar-refractivity contribution >= 4 is 35.1 Å². The highest BCUT2D eigenvalue weighted by Gasteiger charge is 2.28. The summed E-state index contributed by atoms with van der Waals surface area (Å²) >= 11 is 6.26. The zero-order chi connectivity index (χ0) is 21.5. The van der Waals surface area contributed by atoms with E-state index in [1.54, 1.807) is 24.3 Å². The Labute approximate surface area is 179 Å². The minimum atomic E-state index is -0.679. The van der Waals surface area contributed by atoms with Crippen LogP contribution in [0.2, 0.25) is 5.02 Å². The molecule has 0 fully saturated rings. The standard InChI is InChI=1S/C22H22ClN3O4/c1-30-21(28)13-19(16-9-5-6-10-17(16)23)24-22(29)18-11-12-20(27)26(25-18)14-15-7-3-2-4-8-15/h2-10,19H,11-14H2,1H3,(H,24,29). The molecule has 1 N–H and O–H groups in total. The normalized spacial score (nSPS) is 14.7. The van der Waals surface area contributed by atoms with Crippen LogP contribution in [0.3, 0.4) is 0 Å². The first-order valence-corrected chi connectivity index (χ1v) is 9.89. The molecule has 1 aliphatic rings. The first-order chi connectivity index (χ1) is 14.5. The maximum Gasteiger partial charge on any atom is 0.307 e. The van der Waals surface area contributed by atoms with Gasteiger partial charge in [-0.15, -0.1) is 0 Å². The molecule has 8 heteroatoms. The fraction of sp³-hybridized carbons (Fsp3) is 0.273. The highest BCUT2D eigenvalue weighted by molar-refractivity contribution is 6.39. The van der Waals surface area contributed by atoms with Gasteiger partial charge in [-0.3, -0.25) is 14.4 Å². The molecule has 3 rings (SSSR count). The molecule has 0 saturated carbocycles. The van der Waals surface area contributed by atoms with Crippen molar-refractivity contribution in [3.05, 3.63) is 70.7 Å². The van der Waals surface area contributed by atoms with Gasteiger partial charge < -0.3 is 10.1 Å². The van der Waals surface area contributed by atoms with Gasteiger partial charge in [-0.25, -0.2) is 5.01 Å². The number of esters is 1. The second-order valence-corrected chi connectivity index (χ2v) is 7.22. The van der Waals surface area contributed by atoms with Crippen LogP contribution in [-0.4, -0.2) is 35.6 Å². The molecule has 0 bridgehead atoms. The van der Waals surface area contributed by atoms with Gasteiger partial charge in [0.25, 0.3) is 5.91 Å². The van der Waals surface area contributed by atoms with E-state index in [1.165, 1.54) is 12.1 Å². The van der Waals surface area contributed by atoms with Crippen molar-refractivity contribution in [3.63, 3.8) is 0 Å². The number of hydrogen-bond donors (Lipinski definition) is 1. The Morgan fingerprint density at radius 3 is 2.53 bits per heavy atom. The summed E-state index contributed by atoms with van der Waals surface area (Å²) in [5.41, 5.74) is 1.75. The molecule has 2 aromatic rings. The summed E-state index contributed by atoms with van der Waals surface area (Å²) in [6, 6.07) is 15.7. The summed E-state index contributed by atoms with van der Waals surface area (Å²) in [5, 5.41) is 8.81. The van der Waals surface area contributed by atoms with Crippen molar-refractivity contribution in [2.24, 2.45) is 5.10 Å². The van der Waals surface area contributed by atoms with Crippen LogP contribution in [-0.2, 0) is 25.7 Å². The minimum Gasteiger partial charge on any atom is -0.469 e. The molecule has 1 unspecified atom stereocenters. The predicted molar refractivity (Wildman–Crippen MR) is 113 cm³/mol. The Kier molecular flexibility index (Phi) is 7.19. The first kappa shape index (κ1) is 21.5. The fourth-order valence-corrected chi connectivity index (χ4v) is 3.40. The predicted octanol–water partition coefficient (Wildman–Crippen LogP) is 3.24. The molecule has 2 aromatic carbocycles. The molecule has 1 aliphatic heterocycles. The third kappa shape index (κ3) is 5.45. The van der Waals surface area contributed by atoms with E-state index in [0.717, 1.165) is 5.56 Å². The number of carbonyl (C=O) groups is 3. The zero-order valence-corrected chi connectivity index (χ0v) is 17.3. The Morgan fingerprint density at radius 2 is 1.83 bits per heavy atom. The molecule has 0 spiro atoms. The lowest BCUT2D eigenvalue weighted by Crippen LogP contribution is -2.40. The topological polar surface area (TPSA) is 88.1 Å². The molecular weight excluding hydrogens is 406 g/mol. The highest BCUT2D eigenvalue weighted by Crippen LogP contribution is 2.26. The van der Waals surface area contributed by atoms with Crippen molar-refractivity contribution in [1.29, 1.82) is 0 Å². The summed E-state index contributed by atoms with van der Waals surface area (Å²) in [6.07, 6.45) is 0.336. The van der Waals surface area contributed by atoms with E-state index in [-0.39, 0.29) is 37.4 Å². The monoisotopic (exact) mass is 427 g/mol. The zero-order valence-electron chi connectivity index (χ0n) is 16.5. The molecule has 30 heavy (non-hydrogen) atoms. The van der Waals surface area contributed by atoms with E-state index < -0.39 is 17.9 Å². The maximum atomic E-state index is 12.9.